The molecule has 1 fully saturated rings. The lowest BCUT2D eigenvalue weighted by Gasteiger charge is -2.14. The SMILES string of the molecule is Cc1cc(NC(=O)C2CC(O)CN2)c(C)cc1O. The summed E-state index contributed by atoms with van der Waals surface area (Å²) in [5.41, 5.74) is 2.22. The summed E-state index contributed by atoms with van der Waals surface area (Å²) in [5, 5.41) is 24.7. The van der Waals surface area contributed by atoms with E-state index in [0.717, 1.165) is 11.1 Å². The average Bonchev–Trinajstić information content (AvgIpc) is 2.73. The number of anilines is 1. The van der Waals surface area contributed by atoms with Crippen molar-refractivity contribution in [1.29, 1.82) is 0 Å². The molecule has 1 amide bonds. The van der Waals surface area contributed by atoms with E-state index < -0.39 is 6.10 Å². The van der Waals surface area contributed by atoms with E-state index in [9.17, 15) is 15.0 Å². The van der Waals surface area contributed by atoms with Gasteiger partial charge in [-0.3, -0.25) is 4.79 Å². The summed E-state index contributed by atoms with van der Waals surface area (Å²) in [4.78, 5) is 12.0. The van der Waals surface area contributed by atoms with Crippen LogP contribution < -0.4 is 10.6 Å². The van der Waals surface area contributed by atoms with Crippen molar-refractivity contribution >= 4 is 11.6 Å². The van der Waals surface area contributed by atoms with Crippen molar-refractivity contribution < 1.29 is 15.0 Å². The van der Waals surface area contributed by atoms with Crippen LogP contribution in [0.25, 0.3) is 0 Å². The van der Waals surface area contributed by atoms with Gasteiger partial charge in [0.15, 0.2) is 0 Å². The number of nitrogens with one attached hydrogen (secondary N) is 2. The average molecular weight is 250 g/mol. The Morgan fingerprint density at radius 2 is 2.11 bits per heavy atom. The number of carbonyl (C=O) groups excluding carboxylic acids is 1. The molecule has 0 spiro atoms. The second kappa shape index (κ2) is 4.96. The van der Waals surface area contributed by atoms with Crippen LogP contribution in [0.3, 0.4) is 0 Å². The Balaban J connectivity index is 2.09. The predicted molar refractivity (Wildman–Crippen MR) is 68.6 cm³/mol. The van der Waals surface area contributed by atoms with Gasteiger partial charge in [-0.2, -0.15) is 0 Å². The van der Waals surface area contributed by atoms with Crippen LogP contribution in [-0.4, -0.2) is 34.8 Å². The maximum Gasteiger partial charge on any atom is 0.241 e. The van der Waals surface area contributed by atoms with E-state index in [0.29, 0.717) is 18.7 Å². The first-order valence-corrected chi connectivity index (χ1v) is 6.00. The van der Waals surface area contributed by atoms with Gasteiger partial charge in [0.2, 0.25) is 5.91 Å². The Morgan fingerprint density at radius 3 is 2.72 bits per heavy atom. The van der Waals surface area contributed by atoms with Gasteiger partial charge in [0.25, 0.3) is 0 Å². The molecular weight excluding hydrogens is 232 g/mol. The van der Waals surface area contributed by atoms with Gasteiger partial charge < -0.3 is 20.8 Å². The molecule has 5 heteroatoms. The van der Waals surface area contributed by atoms with Crippen molar-refractivity contribution in [3.8, 4) is 5.75 Å². The number of aromatic hydroxyl groups is 1. The minimum Gasteiger partial charge on any atom is -0.508 e. The Kier molecular flexibility index (Phi) is 3.54. The van der Waals surface area contributed by atoms with Gasteiger partial charge >= 0.3 is 0 Å². The number of phenols is 1. The van der Waals surface area contributed by atoms with Crippen molar-refractivity contribution in [3.05, 3.63) is 23.3 Å². The van der Waals surface area contributed by atoms with Crippen molar-refractivity contribution in [2.45, 2.75) is 32.4 Å². The lowest BCUT2D eigenvalue weighted by molar-refractivity contribution is -0.117. The second-order valence-electron chi connectivity index (χ2n) is 4.79. The summed E-state index contributed by atoms with van der Waals surface area (Å²) in [7, 11) is 0. The van der Waals surface area contributed by atoms with Crippen LogP contribution in [0.5, 0.6) is 5.75 Å². The van der Waals surface area contributed by atoms with E-state index in [1.807, 2.05) is 6.92 Å². The smallest absolute Gasteiger partial charge is 0.241 e. The van der Waals surface area contributed by atoms with Crippen molar-refractivity contribution in [2.24, 2.45) is 0 Å². The number of rotatable bonds is 2. The second-order valence-corrected chi connectivity index (χ2v) is 4.79. The molecule has 2 rings (SSSR count). The van der Waals surface area contributed by atoms with Crippen molar-refractivity contribution in [3.63, 3.8) is 0 Å². The molecule has 0 radical (unpaired) electrons. The van der Waals surface area contributed by atoms with Crippen LogP contribution in [0.15, 0.2) is 12.1 Å². The Labute approximate surface area is 106 Å². The molecule has 98 valence electrons. The Bertz CT molecular complexity index is 474. The highest BCUT2D eigenvalue weighted by Crippen LogP contribution is 2.25. The first kappa shape index (κ1) is 12.9. The zero-order chi connectivity index (χ0) is 13.3. The first-order chi connectivity index (χ1) is 8.47. The number of aliphatic hydroxyl groups excluding tert-OH is 1. The molecule has 0 aliphatic carbocycles. The van der Waals surface area contributed by atoms with E-state index in [-0.39, 0.29) is 17.7 Å². The van der Waals surface area contributed by atoms with Gasteiger partial charge in [-0.25, -0.2) is 0 Å². The zero-order valence-electron chi connectivity index (χ0n) is 10.5. The molecule has 1 aromatic rings. The molecule has 1 aliphatic heterocycles. The molecule has 1 aromatic carbocycles. The van der Waals surface area contributed by atoms with Crippen LogP contribution >= 0.6 is 0 Å². The van der Waals surface area contributed by atoms with Crippen molar-refractivity contribution in [2.75, 3.05) is 11.9 Å². The molecule has 2 atom stereocenters. The third kappa shape index (κ3) is 2.63. The highest BCUT2D eigenvalue weighted by atomic mass is 16.3. The Hall–Kier alpha value is -1.59. The van der Waals surface area contributed by atoms with E-state index in [1.165, 1.54) is 0 Å². The standard InChI is InChI=1S/C13H18N2O3/c1-7-4-12(17)8(2)3-10(7)15-13(18)11-5-9(16)6-14-11/h3-4,9,11,14,16-17H,5-6H2,1-2H3,(H,15,18). The van der Waals surface area contributed by atoms with E-state index in [2.05, 4.69) is 10.6 Å². The summed E-state index contributed by atoms with van der Waals surface area (Å²) < 4.78 is 0. The molecule has 0 saturated carbocycles. The highest BCUT2D eigenvalue weighted by Gasteiger charge is 2.28. The number of hydrogen-bond donors (Lipinski definition) is 4. The largest absolute Gasteiger partial charge is 0.508 e. The molecule has 18 heavy (non-hydrogen) atoms. The molecule has 5 nitrogen and oxygen atoms in total. The van der Waals surface area contributed by atoms with Gasteiger partial charge in [-0.1, -0.05) is 0 Å². The number of phenolic OH excluding ortho intramolecular Hbond substituents is 1. The van der Waals surface area contributed by atoms with E-state index in [1.54, 1.807) is 19.1 Å². The predicted octanol–water partition coefficient (Wildman–Crippen LogP) is 0.670. The van der Waals surface area contributed by atoms with Gasteiger partial charge in [0, 0.05) is 12.2 Å². The van der Waals surface area contributed by atoms with E-state index in [4.69, 9.17) is 0 Å². The third-order valence-corrected chi connectivity index (χ3v) is 3.22. The van der Waals surface area contributed by atoms with Gasteiger partial charge in [-0.05, 0) is 43.5 Å². The lowest BCUT2D eigenvalue weighted by Crippen LogP contribution is -2.35. The zero-order valence-corrected chi connectivity index (χ0v) is 10.5. The van der Waals surface area contributed by atoms with Gasteiger partial charge in [0.1, 0.15) is 5.75 Å². The molecule has 0 bridgehead atoms. The fourth-order valence-corrected chi connectivity index (χ4v) is 2.07. The van der Waals surface area contributed by atoms with Crippen molar-refractivity contribution in [1.82, 2.24) is 5.32 Å². The Morgan fingerprint density at radius 1 is 1.39 bits per heavy atom. The molecule has 0 aromatic heterocycles. The molecule has 1 aliphatic rings. The monoisotopic (exact) mass is 250 g/mol. The fraction of sp³-hybridized carbons (Fsp3) is 0.462. The van der Waals surface area contributed by atoms with Crippen LogP contribution in [0.2, 0.25) is 0 Å². The van der Waals surface area contributed by atoms with E-state index >= 15 is 0 Å². The number of aryl methyl sites for hydroxylation is 2. The number of aliphatic hydroxyl groups is 1. The quantitative estimate of drug-likeness (QED) is 0.582. The van der Waals surface area contributed by atoms with Gasteiger partial charge in [0.05, 0.1) is 12.1 Å². The number of carbonyl (C=O) groups is 1. The summed E-state index contributed by atoms with van der Waals surface area (Å²) in [6.45, 7) is 4.05. The van der Waals surface area contributed by atoms with Crippen LogP contribution in [0, 0.1) is 13.8 Å². The third-order valence-electron chi connectivity index (χ3n) is 3.22. The number of benzene rings is 1. The molecule has 4 N–H and O–H groups in total. The molecule has 1 saturated heterocycles. The van der Waals surface area contributed by atoms with Crippen LogP contribution in [0.1, 0.15) is 17.5 Å². The topological polar surface area (TPSA) is 81.6 Å². The number of β-amino-alcohol motifs (C(OH)–C–C–N with tert-alkyl or cyclic N) is 1. The maximum atomic E-state index is 12.0. The highest BCUT2D eigenvalue weighted by molar-refractivity contribution is 5.95. The molecule has 2 unspecified atom stereocenters. The summed E-state index contributed by atoms with van der Waals surface area (Å²) in [6, 6.07) is 3.02. The lowest BCUT2D eigenvalue weighted by atomic mass is 10.1. The summed E-state index contributed by atoms with van der Waals surface area (Å²) in [6.07, 6.45) is -0.0227. The first-order valence-electron chi connectivity index (χ1n) is 6.00. The number of amides is 1. The minimum atomic E-state index is -0.455. The normalized spacial score (nSPS) is 23.1. The summed E-state index contributed by atoms with van der Waals surface area (Å²) >= 11 is 0. The maximum absolute atomic E-state index is 12.0. The number of hydrogen-bond acceptors (Lipinski definition) is 4. The molecule has 1 heterocycles. The van der Waals surface area contributed by atoms with Crippen LogP contribution in [0.4, 0.5) is 5.69 Å². The molecular formula is C13H18N2O3. The van der Waals surface area contributed by atoms with Crippen LogP contribution in [-0.2, 0) is 4.79 Å². The minimum absolute atomic E-state index is 0.153. The fourth-order valence-electron chi connectivity index (χ4n) is 2.07. The summed E-state index contributed by atoms with van der Waals surface area (Å²) in [5.74, 6) is 0.0691. The van der Waals surface area contributed by atoms with Gasteiger partial charge in [-0.15, -0.1) is 0 Å².